The van der Waals surface area contributed by atoms with Crippen molar-refractivity contribution in [3.63, 3.8) is 0 Å². The number of benzene rings is 1. The van der Waals surface area contributed by atoms with Crippen molar-refractivity contribution in [1.29, 1.82) is 0 Å². The van der Waals surface area contributed by atoms with Crippen molar-refractivity contribution in [1.82, 2.24) is 4.90 Å². The smallest absolute Gasteiger partial charge is 0.260 e. The minimum atomic E-state index is -0.478. The van der Waals surface area contributed by atoms with Crippen LogP contribution in [-0.2, 0) is 11.4 Å². The largest absolute Gasteiger partial charge is 0.484 e. The summed E-state index contributed by atoms with van der Waals surface area (Å²) in [7, 11) is 0. The first-order valence-electron chi connectivity index (χ1n) is 7.00. The molecule has 0 radical (unpaired) electrons. The topological polar surface area (TPSA) is 49.8 Å². The normalized spacial score (nSPS) is 15.8. The molecule has 0 aromatic heterocycles. The van der Waals surface area contributed by atoms with Crippen LogP contribution < -0.4 is 4.74 Å². The number of carbonyl (C=O) groups excluding carboxylic acids is 1. The Balaban J connectivity index is 1.90. The molecule has 0 spiro atoms. The molecule has 1 aromatic carbocycles. The van der Waals surface area contributed by atoms with E-state index in [1.807, 2.05) is 0 Å². The van der Waals surface area contributed by atoms with Crippen LogP contribution in [0.1, 0.15) is 31.2 Å². The number of aliphatic hydroxyl groups excluding tert-OH is 1. The third-order valence-electron chi connectivity index (χ3n) is 3.43. The molecule has 1 saturated heterocycles. The highest BCUT2D eigenvalue weighted by atomic mass is 19.1. The van der Waals surface area contributed by atoms with Crippen LogP contribution in [0.5, 0.6) is 5.75 Å². The van der Waals surface area contributed by atoms with E-state index in [0.717, 1.165) is 38.8 Å². The second-order valence-electron chi connectivity index (χ2n) is 5.04. The highest BCUT2D eigenvalue weighted by Gasteiger charge is 2.16. The van der Waals surface area contributed by atoms with Gasteiger partial charge in [-0.3, -0.25) is 4.79 Å². The molecule has 2 rings (SSSR count). The molecule has 1 amide bonds. The first kappa shape index (κ1) is 14.8. The predicted molar refractivity (Wildman–Crippen MR) is 72.9 cm³/mol. The van der Waals surface area contributed by atoms with E-state index in [-0.39, 0.29) is 24.9 Å². The van der Waals surface area contributed by atoms with E-state index < -0.39 is 5.82 Å². The summed E-state index contributed by atoms with van der Waals surface area (Å²) in [6.45, 7) is 1.20. The Morgan fingerprint density at radius 2 is 1.90 bits per heavy atom. The SMILES string of the molecule is O=C(COc1cc(F)cc(CO)c1)N1CCCCCC1. The molecule has 0 atom stereocenters. The van der Waals surface area contributed by atoms with E-state index in [9.17, 15) is 9.18 Å². The van der Waals surface area contributed by atoms with E-state index >= 15 is 0 Å². The van der Waals surface area contributed by atoms with Crippen molar-refractivity contribution in [3.8, 4) is 5.75 Å². The molecule has 20 heavy (non-hydrogen) atoms. The average molecular weight is 281 g/mol. The van der Waals surface area contributed by atoms with Gasteiger partial charge in [0, 0.05) is 19.2 Å². The predicted octanol–water partition coefficient (Wildman–Crippen LogP) is 2.10. The number of hydrogen-bond acceptors (Lipinski definition) is 3. The molecule has 110 valence electrons. The Kier molecular flexibility index (Phi) is 5.35. The number of likely N-dealkylation sites (tertiary alicyclic amines) is 1. The summed E-state index contributed by atoms with van der Waals surface area (Å²) in [5.41, 5.74) is 0.433. The molecule has 1 aliphatic heterocycles. The summed E-state index contributed by atoms with van der Waals surface area (Å²) in [5.74, 6) is -0.271. The molecule has 0 unspecified atom stereocenters. The average Bonchev–Trinajstić information content (AvgIpc) is 2.73. The molecule has 5 heteroatoms. The molecule has 4 nitrogen and oxygen atoms in total. The van der Waals surface area contributed by atoms with Crippen molar-refractivity contribution in [3.05, 3.63) is 29.6 Å². The zero-order valence-electron chi connectivity index (χ0n) is 11.5. The molecule has 0 saturated carbocycles. The first-order valence-corrected chi connectivity index (χ1v) is 7.00. The van der Waals surface area contributed by atoms with Gasteiger partial charge in [-0.2, -0.15) is 0 Å². The number of rotatable bonds is 4. The molecular formula is C15H20FNO3. The van der Waals surface area contributed by atoms with Gasteiger partial charge in [0.25, 0.3) is 5.91 Å². The minimum Gasteiger partial charge on any atom is -0.484 e. The quantitative estimate of drug-likeness (QED) is 0.919. The van der Waals surface area contributed by atoms with Crippen LogP contribution in [0.3, 0.4) is 0 Å². The van der Waals surface area contributed by atoms with Gasteiger partial charge in [-0.1, -0.05) is 12.8 Å². The highest BCUT2D eigenvalue weighted by Crippen LogP contribution is 2.17. The van der Waals surface area contributed by atoms with E-state index in [0.29, 0.717) is 5.56 Å². The fourth-order valence-corrected chi connectivity index (χ4v) is 2.35. The lowest BCUT2D eigenvalue weighted by Gasteiger charge is -2.20. The van der Waals surface area contributed by atoms with E-state index in [1.54, 1.807) is 11.0 Å². The van der Waals surface area contributed by atoms with Crippen molar-refractivity contribution < 1.29 is 19.0 Å². The second-order valence-corrected chi connectivity index (χ2v) is 5.04. The number of nitrogens with zero attached hydrogens (tertiary/aromatic N) is 1. The number of aliphatic hydroxyl groups is 1. The minimum absolute atomic E-state index is 0.0679. The molecule has 1 aromatic rings. The van der Waals surface area contributed by atoms with Gasteiger partial charge in [0.1, 0.15) is 11.6 Å². The van der Waals surface area contributed by atoms with Gasteiger partial charge in [0.2, 0.25) is 0 Å². The first-order chi connectivity index (χ1) is 9.69. The van der Waals surface area contributed by atoms with Gasteiger partial charge >= 0.3 is 0 Å². The Labute approximate surface area is 118 Å². The van der Waals surface area contributed by atoms with Gasteiger partial charge in [0.15, 0.2) is 6.61 Å². The van der Waals surface area contributed by atoms with Gasteiger partial charge in [-0.25, -0.2) is 4.39 Å². The molecule has 1 aliphatic rings. The number of carbonyl (C=O) groups is 1. The summed E-state index contributed by atoms with van der Waals surface area (Å²) in [6.07, 6.45) is 4.38. The van der Waals surface area contributed by atoms with Crippen LogP contribution in [0.25, 0.3) is 0 Å². The summed E-state index contributed by atoms with van der Waals surface area (Å²) < 4.78 is 18.6. The molecule has 1 N–H and O–H groups in total. The Morgan fingerprint density at radius 3 is 2.55 bits per heavy atom. The molecular weight excluding hydrogens is 261 g/mol. The summed E-state index contributed by atoms with van der Waals surface area (Å²) in [6, 6.07) is 4.00. The fraction of sp³-hybridized carbons (Fsp3) is 0.533. The van der Waals surface area contributed by atoms with Crippen molar-refractivity contribution in [2.24, 2.45) is 0 Å². The van der Waals surface area contributed by atoms with Crippen molar-refractivity contribution in [2.75, 3.05) is 19.7 Å². The molecule has 1 heterocycles. The molecule has 0 aliphatic carbocycles. The summed E-state index contributed by atoms with van der Waals surface area (Å²) in [4.78, 5) is 13.8. The number of ether oxygens (including phenoxy) is 1. The number of amides is 1. The van der Waals surface area contributed by atoms with Crippen molar-refractivity contribution in [2.45, 2.75) is 32.3 Å². The van der Waals surface area contributed by atoms with Crippen LogP contribution in [0.15, 0.2) is 18.2 Å². The van der Waals surface area contributed by atoms with Gasteiger partial charge in [-0.05, 0) is 30.5 Å². The third-order valence-corrected chi connectivity index (χ3v) is 3.43. The maximum atomic E-state index is 13.3. The highest BCUT2D eigenvalue weighted by molar-refractivity contribution is 5.77. The van der Waals surface area contributed by atoms with Crippen molar-refractivity contribution >= 4 is 5.91 Å². The zero-order chi connectivity index (χ0) is 14.4. The van der Waals surface area contributed by atoms with Crippen LogP contribution in [-0.4, -0.2) is 35.6 Å². The summed E-state index contributed by atoms with van der Waals surface area (Å²) >= 11 is 0. The molecule has 1 fully saturated rings. The van der Waals surface area contributed by atoms with Crippen LogP contribution in [0, 0.1) is 5.82 Å². The maximum Gasteiger partial charge on any atom is 0.260 e. The monoisotopic (exact) mass is 281 g/mol. The fourth-order valence-electron chi connectivity index (χ4n) is 2.35. The van der Waals surface area contributed by atoms with Crippen LogP contribution in [0.2, 0.25) is 0 Å². The lowest BCUT2D eigenvalue weighted by molar-refractivity contribution is -0.133. The molecule has 0 bridgehead atoms. The van der Waals surface area contributed by atoms with Crippen LogP contribution in [0.4, 0.5) is 4.39 Å². The van der Waals surface area contributed by atoms with Gasteiger partial charge in [-0.15, -0.1) is 0 Å². The van der Waals surface area contributed by atoms with Crippen LogP contribution >= 0.6 is 0 Å². The lowest BCUT2D eigenvalue weighted by Crippen LogP contribution is -2.35. The zero-order valence-corrected chi connectivity index (χ0v) is 11.5. The van der Waals surface area contributed by atoms with Gasteiger partial charge in [0.05, 0.1) is 6.61 Å². The van der Waals surface area contributed by atoms with E-state index in [2.05, 4.69) is 0 Å². The third kappa shape index (κ3) is 4.20. The number of halogens is 1. The maximum absolute atomic E-state index is 13.3. The van der Waals surface area contributed by atoms with E-state index in [1.165, 1.54) is 12.1 Å². The Bertz CT molecular complexity index is 456. The Hall–Kier alpha value is -1.62. The second kappa shape index (κ2) is 7.24. The summed E-state index contributed by atoms with van der Waals surface area (Å²) in [5, 5.41) is 9.00. The van der Waals surface area contributed by atoms with E-state index in [4.69, 9.17) is 9.84 Å². The number of hydrogen-bond donors (Lipinski definition) is 1. The Morgan fingerprint density at radius 1 is 1.20 bits per heavy atom. The standard InChI is InChI=1S/C15H20FNO3/c16-13-7-12(10-18)8-14(9-13)20-11-15(19)17-5-3-1-2-4-6-17/h7-9,18H,1-6,10-11H2. The van der Waals surface area contributed by atoms with Gasteiger partial charge < -0.3 is 14.7 Å². The lowest BCUT2D eigenvalue weighted by atomic mass is 10.2.